The lowest BCUT2D eigenvalue weighted by Crippen LogP contribution is -2.48. The third kappa shape index (κ3) is 4.30. The van der Waals surface area contributed by atoms with Gasteiger partial charge in [0.25, 0.3) is 11.5 Å². The first-order chi connectivity index (χ1) is 15.0. The number of likely N-dealkylation sites (tertiary alicyclic amines) is 1. The van der Waals surface area contributed by atoms with Crippen molar-refractivity contribution in [3.05, 3.63) is 44.5 Å². The Morgan fingerprint density at radius 1 is 1.28 bits per heavy atom. The van der Waals surface area contributed by atoms with Crippen LogP contribution in [0.4, 0.5) is 17.2 Å². The monoisotopic (exact) mass is 458 g/mol. The average Bonchev–Trinajstić information content (AvgIpc) is 3.15. The second kappa shape index (κ2) is 8.14. The van der Waals surface area contributed by atoms with E-state index < -0.39 is 22.0 Å². The standard InChI is InChI=1S/C21H26N6O4S/c1-12-10-15-17(11-13(12)2)27(19-18(24-15)21(29)23-14(3)22-19)9-8-26-7-5-6-16(26)20(28)25-32(4,30)31/h10-11,16H,3,5-9H2,1-2,4H3,(H,23,29)(H,25,28)/t16-/m0/s1. The molecule has 1 fully saturated rings. The van der Waals surface area contributed by atoms with Crippen LogP contribution in [0.1, 0.15) is 24.0 Å². The Morgan fingerprint density at radius 2 is 2.00 bits per heavy atom. The van der Waals surface area contributed by atoms with E-state index in [1.54, 1.807) is 0 Å². The van der Waals surface area contributed by atoms with Gasteiger partial charge in [-0.1, -0.05) is 6.58 Å². The number of hydrogen-bond donors (Lipinski definition) is 2. The van der Waals surface area contributed by atoms with Crippen molar-refractivity contribution in [1.82, 2.24) is 19.6 Å². The van der Waals surface area contributed by atoms with Crippen LogP contribution < -0.4 is 26.0 Å². The predicted octanol–water partition coefficient (Wildman–Crippen LogP) is -0.260. The van der Waals surface area contributed by atoms with Crippen molar-refractivity contribution in [2.45, 2.75) is 32.7 Å². The van der Waals surface area contributed by atoms with Crippen molar-refractivity contribution in [2.24, 2.45) is 4.99 Å². The van der Waals surface area contributed by atoms with E-state index in [4.69, 9.17) is 0 Å². The van der Waals surface area contributed by atoms with E-state index in [1.165, 1.54) is 0 Å². The van der Waals surface area contributed by atoms with Gasteiger partial charge in [-0.15, -0.1) is 0 Å². The van der Waals surface area contributed by atoms with Crippen molar-refractivity contribution in [3.63, 3.8) is 0 Å². The number of hydrogen-bond acceptors (Lipinski definition) is 8. The number of aromatic amines is 1. The second-order valence-electron chi connectivity index (χ2n) is 8.31. The van der Waals surface area contributed by atoms with Gasteiger partial charge in [0.1, 0.15) is 5.48 Å². The first-order valence-corrected chi connectivity index (χ1v) is 12.2. The summed E-state index contributed by atoms with van der Waals surface area (Å²) in [6, 6.07) is 3.44. The molecule has 11 heteroatoms. The molecule has 0 radical (unpaired) electrons. The summed E-state index contributed by atoms with van der Waals surface area (Å²) >= 11 is 0. The molecule has 10 nitrogen and oxygen atoms in total. The molecule has 0 aliphatic carbocycles. The molecular formula is C21H26N6O4S. The zero-order valence-electron chi connectivity index (χ0n) is 18.3. The van der Waals surface area contributed by atoms with Crippen molar-refractivity contribution >= 4 is 39.7 Å². The van der Waals surface area contributed by atoms with E-state index in [1.807, 2.05) is 35.8 Å². The highest BCUT2D eigenvalue weighted by Crippen LogP contribution is 2.36. The predicted molar refractivity (Wildman–Crippen MR) is 121 cm³/mol. The molecule has 3 heterocycles. The highest BCUT2D eigenvalue weighted by Gasteiger charge is 2.33. The van der Waals surface area contributed by atoms with Crippen LogP contribution in [0.25, 0.3) is 6.58 Å². The minimum Gasteiger partial charge on any atom is -0.321 e. The van der Waals surface area contributed by atoms with Crippen LogP contribution in [0.3, 0.4) is 0 Å². The lowest BCUT2D eigenvalue weighted by Gasteiger charge is -2.31. The van der Waals surface area contributed by atoms with Crippen molar-refractivity contribution in [3.8, 4) is 0 Å². The molecule has 1 saturated heterocycles. The Balaban J connectivity index is 1.68. The molecule has 2 N–H and O–H groups in total. The van der Waals surface area contributed by atoms with E-state index in [0.717, 1.165) is 29.5 Å². The number of amides is 1. The smallest absolute Gasteiger partial charge is 0.279 e. The van der Waals surface area contributed by atoms with Crippen LogP contribution >= 0.6 is 0 Å². The molecule has 170 valence electrons. The minimum atomic E-state index is -3.62. The number of fused-ring (bicyclic) bond motifs is 2. The Morgan fingerprint density at radius 3 is 2.72 bits per heavy atom. The number of rotatable bonds is 5. The van der Waals surface area contributed by atoms with Crippen LogP contribution in [0, 0.1) is 13.8 Å². The first kappa shape index (κ1) is 22.2. The van der Waals surface area contributed by atoms with Crippen molar-refractivity contribution in [2.75, 3.05) is 30.8 Å². The second-order valence-corrected chi connectivity index (χ2v) is 10.1. The number of carbonyl (C=O) groups excluding carboxylic acids is 1. The number of aryl methyl sites for hydroxylation is 2. The maximum absolute atomic E-state index is 12.6. The van der Waals surface area contributed by atoms with Gasteiger partial charge in [-0.2, -0.15) is 0 Å². The number of carbonyl (C=O) groups is 1. The maximum atomic E-state index is 12.6. The molecule has 2 aliphatic heterocycles. The summed E-state index contributed by atoms with van der Waals surface area (Å²) in [5, 5.41) is 0.223. The van der Waals surface area contributed by atoms with E-state index in [9.17, 15) is 18.0 Å². The molecule has 0 saturated carbocycles. The average molecular weight is 459 g/mol. The van der Waals surface area contributed by atoms with Crippen LogP contribution in [0.2, 0.25) is 0 Å². The molecule has 2 aromatic rings. The lowest BCUT2D eigenvalue weighted by atomic mass is 10.1. The largest absolute Gasteiger partial charge is 0.321 e. The summed E-state index contributed by atoms with van der Waals surface area (Å²) in [5.41, 5.74) is 3.53. The van der Waals surface area contributed by atoms with Crippen LogP contribution in [-0.4, -0.2) is 61.1 Å². The molecule has 2 aliphatic rings. The first-order valence-electron chi connectivity index (χ1n) is 10.4. The van der Waals surface area contributed by atoms with Crippen molar-refractivity contribution in [1.29, 1.82) is 0 Å². The molecule has 0 bridgehead atoms. The minimum absolute atomic E-state index is 0.223. The van der Waals surface area contributed by atoms with Gasteiger partial charge in [-0.05, 0) is 56.5 Å². The van der Waals surface area contributed by atoms with Crippen LogP contribution in [-0.2, 0) is 14.8 Å². The quantitative estimate of drug-likeness (QED) is 0.632. The summed E-state index contributed by atoms with van der Waals surface area (Å²) in [6.07, 6.45) is 2.35. The molecular weight excluding hydrogens is 432 g/mol. The number of nitrogens with zero attached hydrogens (tertiary/aromatic N) is 4. The number of benzene rings is 1. The van der Waals surface area contributed by atoms with Gasteiger partial charge < -0.3 is 9.88 Å². The summed E-state index contributed by atoms with van der Waals surface area (Å²) < 4.78 is 25.1. The van der Waals surface area contributed by atoms with Gasteiger partial charge >= 0.3 is 0 Å². The van der Waals surface area contributed by atoms with E-state index in [2.05, 4.69) is 26.3 Å². The molecule has 0 unspecified atom stereocenters. The summed E-state index contributed by atoms with van der Waals surface area (Å²) in [7, 11) is -3.62. The topological polar surface area (TPSA) is 128 Å². The van der Waals surface area contributed by atoms with Crippen molar-refractivity contribution < 1.29 is 13.2 Å². The summed E-state index contributed by atoms with van der Waals surface area (Å²) in [4.78, 5) is 40.5. The van der Waals surface area contributed by atoms with Gasteiger partial charge in [0.15, 0.2) is 11.2 Å². The molecule has 4 rings (SSSR count). The number of aromatic nitrogens is 2. The van der Waals surface area contributed by atoms with Gasteiger partial charge in [-0.3, -0.25) is 19.2 Å². The Hall–Kier alpha value is -3.05. The Bertz CT molecular complexity index is 1370. The number of nitrogens with one attached hydrogen (secondary N) is 2. The highest BCUT2D eigenvalue weighted by atomic mass is 32.2. The van der Waals surface area contributed by atoms with Gasteiger partial charge in [0, 0.05) is 13.1 Å². The zero-order valence-corrected chi connectivity index (χ0v) is 19.1. The summed E-state index contributed by atoms with van der Waals surface area (Å²) in [5.74, 6) is -0.0913. The lowest BCUT2D eigenvalue weighted by molar-refractivity contribution is -0.123. The number of H-pyrrole nitrogens is 1. The Labute approximate surface area is 185 Å². The van der Waals surface area contributed by atoms with Crippen LogP contribution in [0.5, 0.6) is 0 Å². The fourth-order valence-corrected chi connectivity index (χ4v) is 4.71. The summed E-state index contributed by atoms with van der Waals surface area (Å²) in [6.45, 7) is 9.36. The van der Waals surface area contributed by atoms with E-state index in [0.29, 0.717) is 37.6 Å². The molecule has 1 atom stereocenters. The van der Waals surface area contributed by atoms with Gasteiger partial charge in [0.2, 0.25) is 10.0 Å². The maximum Gasteiger partial charge on any atom is 0.279 e. The van der Waals surface area contributed by atoms with E-state index in [-0.39, 0.29) is 16.4 Å². The third-order valence-electron chi connectivity index (χ3n) is 5.86. The molecule has 1 amide bonds. The van der Waals surface area contributed by atoms with E-state index >= 15 is 0 Å². The van der Waals surface area contributed by atoms with Crippen LogP contribution in [0.15, 0.2) is 21.9 Å². The Kier molecular flexibility index (Phi) is 5.63. The molecule has 1 aromatic carbocycles. The van der Waals surface area contributed by atoms with Gasteiger partial charge in [-0.25, -0.2) is 18.4 Å². The zero-order chi connectivity index (χ0) is 23.2. The highest BCUT2D eigenvalue weighted by molar-refractivity contribution is 7.89. The van der Waals surface area contributed by atoms with Gasteiger partial charge in [0.05, 0.1) is 23.7 Å². The fraction of sp³-hybridized carbons (Fsp3) is 0.429. The third-order valence-corrected chi connectivity index (χ3v) is 6.43. The SMILES string of the molecule is C=c1nc2c(c(=O)[nH]1)=Nc1cc(C)c(C)cc1N2CCN1CCC[C@H]1C(=O)NS(C)(=O)=O. The molecule has 0 spiro atoms. The number of anilines is 2. The normalized spacial score (nSPS) is 18.1. The number of sulfonamides is 1. The fourth-order valence-electron chi connectivity index (χ4n) is 4.21. The molecule has 1 aromatic heterocycles. The molecule has 32 heavy (non-hydrogen) atoms.